The summed E-state index contributed by atoms with van der Waals surface area (Å²) < 4.78 is 5.50. The second-order valence-corrected chi connectivity index (χ2v) is 12.8. The van der Waals surface area contributed by atoms with E-state index in [0.717, 1.165) is 43.2 Å². The van der Waals surface area contributed by atoms with Crippen LogP contribution in [0.4, 0.5) is 4.79 Å². The summed E-state index contributed by atoms with van der Waals surface area (Å²) in [6.07, 6.45) is 6.40. The van der Waals surface area contributed by atoms with Gasteiger partial charge in [0.25, 0.3) is 0 Å². The molecule has 2 N–H and O–H groups in total. The Morgan fingerprint density at radius 3 is 2.31 bits per heavy atom. The fourth-order valence-corrected chi connectivity index (χ4v) is 4.87. The Hall–Kier alpha value is -2.22. The fraction of sp³-hybridized carbons (Fsp3) is 0.710. The molecular formula is C31H53N3O4S. The number of nitrogens with zero attached hydrogens (tertiary/aromatic N) is 1. The van der Waals surface area contributed by atoms with E-state index >= 15 is 0 Å². The van der Waals surface area contributed by atoms with Gasteiger partial charge in [-0.1, -0.05) is 63.4 Å². The van der Waals surface area contributed by atoms with Crippen LogP contribution in [0.2, 0.25) is 0 Å². The number of aryl methyl sites for hydroxylation is 1. The number of carbonyl (C=O) groups excluding carboxylic acids is 3. The number of hydrogen-bond acceptors (Lipinski definition) is 5. The maximum Gasteiger partial charge on any atom is 0.408 e. The molecule has 39 heavy (non-hydrogen) atoms. The van der Waals surface area contributed by atoms with Gasteiger partial charge in [0.05, 0.1) is 0 Å². The number of benzene rings is 1. The van der Waals surface area contributed by atoms with Crippen LogP contribution in [0.5, 0.6) is 0 Å². The third-order valence-corrected chi connectivity index (χ3v) is 7.10. The maximum atomic E-state index is 14.4. The van der Waals surface area contributed by atoms with Gasteiger partial charge in [0.1, 0.15) is 17.7 Å². The maximum absolute atomic E-state index is 14.4. The van der Waals surface area contributed by atoms with Gasteiger partial charge < -0.3 is 20.3 Å². The number of amides is 3. The number of alkyl carbamates (subject to hydrolysis) is 1. The molecule has 1 aromatic carbocycles. The Kier molecular flexibility index (Phi) is 15.6. The number of hydrogen-bond donors (Lipinski definition) is 2. The van der Waals surface area contributed by atoms with Gasteiger partial charge in [-0.3, -0.25) is 9.59 Å². The molecule has 222 valence electrons. The van der Waals surface area contributed by atoms with Crippen LogP contribution < -0.4 is 10.6 Å². The zero-order chi connectivity index (χ0) is 29.6. The molecule has 3 unspecified atom stereocenters. The lowest BCUT2D eigenvalue weighted by Gasteiger charge is -2.39. The lowest BCUT2D eigenvalue weighted by molar-refractivity contribution is -0.145. The van der Waals surface area contributed by atoms with E-state index in [9.17, 15) is 14.4 Å². The highest BCUT2D eigenvalue weighted by molar-refractivity contribution is 7.98. The number of carbonyl (C=O) groups is 3. The van der Waals surface area contributed by atoms with Crippen LogP contribution in [0, 0.1) is 12.8 Å². The summed E-state index contributed by atoms with van der Waals surface area (Å²) >= 11 is 1.61. The minimum atomic E-state index is -0.811. The molecule has 8 heteroatoms. The lowest BCUT2D eigenvalue weighted by atomic mass is 9.96. The summed E-state index contributed by atoms with van der Waals surface area (Å²) in [6, 6.07) is 5.96. The van der Waals surface area contributed by atoms with Crippen molar-refractivity contribution in [2.45, 2.75) is 118 Å². The van der Waals surface area contributed by atoms with E-state index in [4.69, 9.17) is 4.74 Å². The Morgan fingerprint density at radius 1 is 1.05 bits per heavy atom. The van der Waals surface area contributed by atoms with Gasteiger partial charge in [0, 0.05) is 12.6 Å². The molecule has 0 aromatic heterocycles. The van der Waals surface area contributed by atoms with Gasteiger partial charge in [0.15, 0.2) is 0 Å². The SMILES string of the molecule is CCCCCNC(=O)C(c1cccc(C)c1)N(C(=O)C(CCSC)NC(=O)OC(C)(C)C)C(C)CCC(C)C. The second-order valence-electron chi connectivity index (χ2n) is 11.9. The summed E-state index contributed by atoms with van der Waals surface area (Å²) in [6.45, 7) is 16.4. The first kappa shape index (κ1) is 34.8. The number of unbranched alkanes of at least 4 members (excludes halogenated alkanes) is 2. The molecule has 0 spiro atoms. The van der Waals surface area contributed by atoms with E-state index in [0.29, 0.717) is 24.6 Å². The molecule has 0 aliphatic heterocycles. The first-order valence-corrected chi connectivity index (χ1v) is 15.8. The second kappa shape index (κ2) is 17.5. The predicted octanol–water partition coefficient (Wildman–Crippen LogP) is 6.64. The van der Waals surface area contributed by atoms with E-state index in [-0.39, 0.29) is 17.9 Å². The highest BCUT2D eigenvalue weighted by atomic mass is 32.2. The van der Waals surface area contributed by atoms with E-state index in [1.807, 2.05) is 44.4 Å². The van der Waals surface area contributed by atoms with Crippen LogP contribution in [0.15, 0.2) is 24.3 Å². The van der Waals surface area contributed by atoms with Crippen molar-refractivity contribution in [3.05, 3.63) is 35.4 Å². The monoisotopic (exact) mass is 563 g/mol. The Bertz CT molecular complexity index is 900. The fourth-order valence-electron chi connectivity index (χ4n) is 4.40. The topological polar surface area (TPSA) is 87.7 Å². The van der Waals surface area contributed by atoms with Crippen LogP contribution in [-0.4, -0.2) is 59.0 Å². The summed E-state index contributed by atoms with van der Waals surface area (Å²) in [4.78, 5) is 42.7. The first-order chi connectivity index (χ1) is 18.3. The standard InChI is InChI=1S/C31H53N3O4S/c1-10-11-12-19-32-28(35)27(25-15-13-14-23(4)21-25)34(24(5)17-16-22(2)3)29(36)26(18-20-39-9)33-30(37)38-31(6,7)8/h13-15,21-22,24,26-27H,10-12,16-20H2,1-9H3,(H,32,35)(H,33,37). The van der Waals surface area contributed by atoms with Gasteiger partial charge in [0.2, 0.25) is 11.8 Å². The van der Waals surface area contributed by atoms with E-state index in [1.54, 1.807) is 37.4 Å². The molecule has 0 saturated carbocycles. The molecular weight excluding hydrogens is 510 g/mol. The smallest absolute Gasteiger partial charge is 0.408 e. The molecule has 0 aliphatic rings. The third kappa shape index (κ3) is 13.1. The third-order valence-electron chi connectivity index (χ3n) is 6.45. The highest BCUT2D eigenvalue weighted by Gasteiger charge is 2.38. The minimum absolute atomic E-state index is 0.192. The molecule has 0 heterocycles. The van der Waals surface area contributed by atoms with Gasteiger partial charge in [-0.25, -0.2) is 4.79 Å². The van der Waals surface area contributed by atoms with Crippen LogP contribution in [0.3, 0.4) is 0 Å². The zero-order valence-electron chi connectivity index (χ0n) is 25.8. The minimum Gasteiger partial charge on any atom is -0.444 e. The van der Waals surface area contributed by atoms with Crippen molar-refractivity contribution in [2.75, 3.05) is 18.6 Å². The van der Waals surface area contributed by atoms with Crippen LogP contribution in [0.25, 0.3) is 0 Å². The first-order valence-electron chi connectivity index (χ1n) is 14.5. The van der Waals surface area contributed by atoms with E-state index in [1.165, 1.54) is 0 Å². The van der Waals surface area contributed by atoms with E-state index in [2.05, 4.69) is 31.4 Å². The van der Waals surface area contributed by atoms with Crippen LogP contribution in [-0.2, 0) is 14.3 Å². The summed E-state index contributed by atoms with van der Waals surface area (Å²) in [5.74, 6) is 0.680. The average molecular weight is 564 g/mol. The van der Waals surface area contributed by atoms with Gasteiger partial charge in [-0.15, -0.1) is 0 Å². The number of thioether (sulfide) groups is 1. The molecule has 1 rings (SSSR count). The normalized spacial score (nSPS) is 13.9. The molecule has 7 nitrogen and oxygen atoms in total. The van der Waals surface area contributed by atoms with Crippen molar-refractivity contribution in [1.29, 1.82) is 0 Å². The number of rotatable bonds is 16. The van der Waals surface area contributed by atoms with Crippen LogP contribution in [0.1, 0.15) is 104 Å². The highest BCUT2D eigenvalue weighted by Crippen LogP contribution is 2.28. The quantitative estimate of drug-likeness (QED) is 0.220. The van der Waals surface area contributed by atoms with E-state index < -0.39 is 23.8 Å². The average Bonchev–Trinajstić information content (AvgIpc) is 2.84. The Morgan fingerprint density at radius 2 is 1.74 bits per heavy atom. The predicted molar refractivity (Wildman–Crippen MR) is 163 cm³/mol. The molecule has 3 amide bonds. The lowest BCUT2D eigenvalue weighted by Crippen LogP contribution is -2.55. The summed E-state index contributed by atoms with van der Waals surface area (Å²) in [7, 11) is 0. The molecule has 0 aliphatic carbocycles. The van der Waals surface area contributed by atoms with Crippen molar-refractivity contribution >= 4 is 29.7 Å². The van der Waals surface area contributed by atoms with Gasteiger partial charge in [-0.2, -0.15) is 11.8 Å². The molecule has 0 radical (unpaired) electrons. The van der Waals surface area contributed by atoms with Crippen molar-refractivity contribution in [3.63, 3.8) is 0 Å². The number of ether oxygens (including phenoxy) is 1. The molecule has 3 atom stereocenters. The molecule has 0 fully saturated rings. The Labute approximate surface area is 241 Å². The number of nitrogens with one attached hydrogen (secondary N) is 2. The van der Waals surface area contributed by atoms with Crippen molar-refractivity contribution in [1.82, 2.24) is 15.5 Å². The van der Waals surface area contributed by atoms with Gasteiger partial charge in [-0.05, 0) is 83.8 Å². The summed E-state index contributed by atoms with van der Waals surface area (Å²) in [5.41, 5.74) is 1.10. The largest absolute Gasteiger partial charge is 0.444 e. The Balaban J connectivity index is 3.53. The molecule has 0 bridgehead atoms. The van der Waals surface area contributed by atoms with Gasteiger partial charge >= 0.3 is 6.09 Å². The van der Waals surface area contributed by atoms with Crippen molar-refractivity contribution in [3.8, 4) is 0 Å². The summed E-state index contributed by atoms with van der Waals surface area (Å²) in [5, 5.41) is 5.92. The molecule has 0 saturated heterocycles. The van der Waals surface area contributed by atoms with Crippen molar-refractivity contribution < 1.29 is 19.1 Å². The van der Waals surface area contributed by atoms with Crippen LogP contribution >= 0.6 is 11.8 Å². The molecule has 1 aromatic rings. The van der Waals surface area contributed by atoms with Crippen molar-refractivity contribution in [2.24, 2.45) is 5.92 Å². The zero-order valence-corrected chi connectivity index (χ0v) is 26.6.